The number of aryl methyl sites for hydroxylation is 1. The minimum absolute atomic E-state index is 0.124. The summed E-state index contributed by atoms with van der Waals surface area (Å²) >= 11 is 0. The fraction of sp³-hybridized carbons (Fsp3) is 0.150. The SMILES string of the molecule is CC(/C=N\NC(=O)CCn1cnc2ccccc21)=C\c1ccccc1. The molecule has 0 aliphatic carbocycles. The maximum Gasteiger partial charge on any atom is 0.241 e. The molecule has 2 aromatic carbocycles. The third kappa shape index (κ3) is 4.64. The molecule has 0 atom stereocenters. The van der Waals surface area contributed by atoms with Crippen molar-refractivity contribution in [2.24, 2.45) is 5.10 Å². The van der Waals surface area contributed by atoms with Crippen molar-refractivity contribution in [1.82, 2.24) is 15.0 Å². The van der Waals surface area contributed by atoms with Crippen LogP contribution in [0.5, 0.6) is 0 Å². The Bertz CT molecular complexity index is 910. The molecule has 0 spiro atoms. The van der Waals surface area contributed by atoms with E-state index in [0.29, 0.717) is 13.0 Å². The number of hydrogen-bond acceptors (Lipinski definition) is 3. The summed E-state index contributed by atoms with van der Waals surface area (Å²) < 4.78 is 1.97. The van der Waals surface area contributed by atoms with E-state index in [4.69, 9.17) is 0 Å². The first-order chi connectivity index (χ1) is 12.2. The summed E-state index contributed by atoms with van der Waals surface area (Å²) in [5, 5.41) is 4.01. The van der Waals surface area contributed by atoms with Crippen LogP contribution in [-0.2, 0) is 11.3 Å². The maximum atomic E-state index is 11.9. The summed E-state index contributed by atoms with van der Waals surface area (Å²) in [6, 6.07) is 17.9. The minimum Gasteiger partial charge on any atom is -0.330 e. The predicted octanol–water partition coefficient (Wildman–Crippen LogP) is 3.63. The van der Waals surface area contributed by atoms with E-state index in [1.54, 1.807) is 12.5 Å². The summed E-state index contributed by atoms with van der Waals surface area (Å²) in [5.74, 6) is -0.124. The molecular formula is C20H20N4O. The number of allylic oxidation sites excluding steroid dienone is 1. The Morgan fingerprint density at radius 3 is 2.76 bits per heavy atom. The van der Waals surface area contributed by atoms with Gasteiger partial charge in [-0.15, -0.1) is 0 Å². The molecule has 5 heteroatoms. The number of nitrogens with one attached hydrogen (secondary N) is 1. The first kappa shape index (κ1) is 16.6. The van der Waals surface area contributed by atoms with E-state index >= 15 is 0 Å². The topological polar surface area (TPSA) is 59.3 Å². The van der Waals surface area contributed by atoms with Crippen molar-refractivity contribution in [1.29, 1.82) is 0 Å². The molecule has 5 nitrogen and oxygen atoms in total. The largest absolute Gasteiger partial charge is 0.330 e. The van der Waals surface area contributed by atoms with E-state index in [2.05, 4.69) is 15.5 Å². The lowest BCUT2D eigenvalue weighted by Gasteiger charge is -2.03. The van der Waals surface area contributed by atoms with Crippen molar-refractivity contribution >= 4 is 29.2 Å². The number of para-hydroxylation sites is 2. The smallest absolute Gasteiger partial charge is 0.241 e. The van der Waals surface area contributed by atoms with Crippen LogP contribution in [0.4, 0.5) is 0 Å². The Kier molecular flexibility index (Phi) is 5.36. The van der Waals surface area contributed by atoms with E-state index in [1.807, 2.05) is 72.2 Å². The van der Waals surface area contributed by atoms with Crippen LogP contribution >= 0.6 is 0 Å². The molecule has 0 aliphatic rings. The quantitative estimate of drug-likeness (QED) is 0.553. The highest BCUT2D eigenvalue weighted by molar-refractivity contribution is 5.86. The van der Waals surface area contributed by atoms with Crippen LogP contribution in [0.3, 0.4) is 0 Å². The minimum atomic E-state index is -0.124. The fourth-order valence-corrected chi connectivity index (χ4v) is 2.52. The van der Waals surface area contributed by atoms with Crippen LogP contribution in [0, 0.1) is 0 Å². The highest BCUT2D eigenvalue weighted by Gasteiger charge is 2.04. The Morgan fingerprint density at radius 2 is 1.92 bits per heavy atom. The second kappa shape index (κ2) is 8.06. The number of imidazole rings is 1. The molecule has 0 saturated carbocycles. The van der Waals surface area contributed by atoms with Gasteiger partial charge in [-0.05, 0) is 30.2 Å². The monoisotopic (exact) mass is 332 g/mol. The van der Waals surface area contributed by atoms with Gasteiger partial charge in [0.2, 0.25) is 5.91 Å². The number of aromatic nitrogens is 2. The second-order valence-corrected chi connectivity index (χ2v) is 5.77. The van der Waals surface area contributed by atoms with Crippen LogP contribution in [-0.4, -0.2) is 21.7 Å². The summed E-state index contributed by atoms with van der Waals surface area (Å²) in [6.07, 6.45) is 5.76. The van der Waals surface area contributed by atoms with Gasteiger partial charge in [0.25, 0.3) is 0 Å². The third-order valence-electron chi connectivity index (χ3n) is 3.76. The van der Waals surface area contributed by atoms with Crippen molar-refractivity contribution in [3.8, 4) is 0 Å². The molecule has 3 aromatic rings. The van der Waals surface area contributed by atoms with Gasteiger partial charge in [0.15, 0.2) is 0 Å². The van der Waals surface area contributed by atoms with Crippen LogP contribution in [0.2, 0.25) is 0 Å². The van der Waals surface area contributed by atoms with E-state index in [-0.39, 0.29) is 5.91 Å². The highest BCUT2D eigenvalue weighted by atomic mass is 16.2. The van der Waals surface area contributed by atoms with Crippen molar-refractivity contribution in [2.45, 2.75) is 19.9 Å². The normalized spacial score (nSPS) is 12.0. The predicted molar refractivity (Wildman–Crippen MR) is 101 cm³/mol. The van der Waals surface area contributed by atoms with E-state index in [1.165, 1.54) is 0 Å². The van der Waals surface area contributed by atoms with Crippen LogP contribution in [0.15, 0.2) is 71.6 Å². The standard InChI is InChI=1S/C20H20N4O/c1-16(13-17-7-3-2-4-8-17)14-22-23-20(25)11-12-24-15-21-18-9-5-6-10-19(18)24/h2-10,13-15H,11-12H2,1H3,(H,23,25)/b16-13+,22-14-. The Hall–Kier alpha value is -3.21. The molecule has 1 N–H and O–H groups in total. The van der Waals surface area contributed by atoms with Gasteiger partial charge in [0, 0.05) is 13.0 Å². The molecule has 126 valence electrons. The number of carbonyl (C=O) groups excluding carboxylic acids is 1. The number of carbonyl (C=O) groups is 1. The van der Waals surface area contributed by atoms with Gasteiger partial charge in [-0.2, -0.15) is 5.10 Å². The molecule has 3 rings (SSSR count). The zero-order chi connectivity index (χ0) is 17.5. The van der Waals surface area contributed by atoms with Gasteiger partial charge >= 0.3 is 0 Å². The number of fused-ring (bicyclic) bond motifs is 1. The number of amides is 1. The second-order valence-electron chi connectivity index (χ2n) is 5.77. The number of nitrogens with zero attached hydrogens (tertiary/aromatic N) is 3. The van der Waals surface area contributed by atoms with Gasteiger partial charge in [-0.3, -0.25) is 4.79 Å². The molecule has 0 bridgehead atoms. The first-order valence-electron chi connectivity index (χ1n) is 8.17. The average Bonchev–Trinajstić information content (AvgIpc) is 3.04. The number of hydrogen-bond donors (Lipinski definition) is 1. The molecule has 25 heavy (non-hydrogen) atoms. The molecule has 0 aliphatic heterocycles. The summed E-state index contributed by atoms with van der Waals surface area (Å²) in [4.78, 5) is 16.3. The number of rotatable bonds is 6. The summed E-state index contributed by atoms with van der Waals surface area (Å²) in [6.45, 7) is 2.51. The molecule has 0 radical (unpaired) electrons. The lowest BCUT2D eigenvalue weighted by Crippen LogP contribution is -2.19. The van der Waals surface area contributed by atoms with Crippen molar-refractivity contribution < 1.29 is 4.79 Å². The Balaban J connectivity index is 1.50. The van der Waals surface area contributed by atoms with E-state index in [0.717, 1.165) is 22.2 Å². The van der Waals surface area contributed by atoms with E-state index < -0.39 is 0 Å². The van der Waals surface area contributed by atoms with Gasteiger partial charge in [0.1, 0.15) is 0 Å². The fourth-order valence-electron chi connectivity index (χ4n) is 2.52. The average molecular weight is 332 g/mol. The van der Waals surface area contributed by atoms with Crippen molar-refractivity contribution in [2.75, 3.05) is 0 Å². The van der Waals surface area contributed by atoms with E-state index in [9.17, 15) is 4.79 Å². The van der Waals surface area contributed by atoms with Crippen molar-refractivity contribution in [3.05, 3.63) is 72.1 Å². The molecule has 0 saturated heterocycles. The lowest BCUT2D eigenvalue weighted by molar-refractivity contribution is -0.121. The van der Waals surface area contributed by atoms with Gasteiger partial charge in [0.05, 0.1) is 23.6 Å². The molecule has 1 aromatic heterocycles. The van der Waals surface area contributed by atoms with Gasteiger partial charge < -0.3 is 4.57 Å². The number of hydrazone groups is 1. The molecular weight excluding hydrogens is 312 g/mol. The first-order valence-corrected chi connectivity index (χ1v) is 8.17. The summed E-state index contributed by atoms with van der Waals surface area (Å²) in [7, 11) is 0. The zero-order valence-electron chi connectivity index (χ0n) is 14.1. The van der Waals surface area contributed by atoms with Crippen LogP contribution < -0.4 is 5.43 Å². The molecule has 1 amide bonds. The Morgan fingerprint density at radius 1 is 1.16 bits per heavy atom. The lowest BCUT2D eigenvalue weighted by atomic mass is 10.1. The summed E-state index contributed by atoms with van der Waals surface area (Å²) in [5.41, 5.74) is 6.59. The Labute approximate surface area is 146 Å². The highest BCUT2D eigenvalue weighted by Crippen LogP contribution is 2.12. The molecule has 1 heterocycles. The maximum absolute atomic E-state index is 11.9. The number of benzene rings is 2. The van der Waals surface area contributed by atoms with Gasteiger partial charge in [-0.25, -0.2) is 10.4 Å². The third-order valence-corrected chi connectivity index (χ3v) is 3.76. The van der Waals surface area contributed by atoms with Crippen molar-refractivity contribution in [3.63, 3.8) is 0 Å². The zero-order valence-corrected chi connectivity index (χ0v) is 14.1. The van der Waals surface area contributed by atoms with Crippen LogP contribution in [0.1, 0.15) is 18.9 Å². The molecule has 0 unspecified atom stereocenters. The van der Waals surface area contributed by atoms with Gasteiger partial charge in [-0.1, -0.05) is 48.5 Å². The molecule has 0 fully saturated rings. The van der Waals surface area contributed by atoms with Crippen LogP contribution in [0.25, 0.3) is 17.1 Å².